The summed E-state index contributed by atoms with van der Waals surface area (Å²) in [5.41, 5.74) is 11.9. The summed E-state index contributed by atoms with van der Waals surface area (Å²) in [7, 11) is 0. The minimum Gasteiger partial charge on any atom is -0.339 e. The van der Waals surface area contributed by atoms with Gasteiger partial charge in [0.1, 0.15) is 11.3 Å². The van der Waals surface area contributed by atoms with Crippen molar-refractivity contribution in [2.24, 2.45) is 0 Å². The Morgan fingerprint density at radius 1 is 0.386 bits per heavy atom. The Kier molecular flexibility index (Phi) is 7.79. The van der Waals surface area contributed by atoms with Crippen LogP contribution in [0.25, 0.3) is 44.6 Å². The highest BCUT2D eigenvalue weighted by Crippen LogP contribution is 2.32. The van der Waals surface area contributed by atoms with Gasteiger partial charge in [0.25, 0.3) is 0 Å². The van der Waals surface area contributed by atoms with Crippen molar-refractivity contribution in [1.82, 2.24) is 19.9 Å². The second-order valence-corrected chi connectivity index (χ2v) is 10.8. The molecule has 0 bridgehead atoms. The summed E-state index contributed by atoms with van der Waals surface area (Å²) in [5, 5.41) is 2.40. The normalized spacial score (nSPS) is 10.9. The minimum atomic E-state index is 0.900. The van der Waals surface area contributed by atoms with Crippen LogP contribution in [-0.4, -0.2) is 19.9 Å². The van der Waals surface area contributed by atoms with E-state index >= 15 is 0 Å². The molecule has 0 unspecified atom stereocenters. The maximum Gasteiger partial charge on any atom is 0.137 e. The van der Waals surface area contributed by atoms with Crippen LogP contribution in [0.4, 0.5) is 0 Å². The molecule has 2 N–H and O–H groups in total. The van der Waals surface area contributed by atoms with Gasteiger partial charge >= 0.3 is 0 Å². The maximum atomic E-state index is 4.47. The molecule has 0 saturated carbocycles. The zero-order chi connectivity index (χ0) is 29.6. The van der Waals surface area contributed by atoms with Crippen molar-refractivity contribution >= 4 is 22.1 Å². The summed E-state index contributed by atoms with van der Waals surface area (Å²) in [5.74, 6) is 0. The molecule has 44 heavy (non-hydrogen) atoms. The number of nitrogens with zero attached hydrogens (tertiary/aromatic N) is 2. The van der Waals surface area contributed by atoms with Gasteiger partial charge in [-0.25, -0.2) is 9.97 Å². The number of benzene rings is 4. The summed E-state index contributed by atoms with van der Waals surface area (Å²) in [6.07, 6.45) is 5.47. The van der Waals surface area contributed by atoms with Crippen molar-refractivity contribution in [2.75, 3.05) is 0 Å². The monoisotopic (exact) mass is 568 g/mol. The van der Waals surface area contributed by atoms with E-state index in [0.717, 1.165) is 35.5 Å². The Morgan fingerprint density at radius 3 is 1.14 bits per heavy atom. The Hall–Kier alpha value is -5.74. The fraction of sp³-hybridized carbons (Fsp3) is 0.0500. The maximum absolute atomic E-state index is 4.47. The molecule has 0 radical (unpaired) electrons. The molecule has 0 saturated heterocycles. The van der Waals surface area contributed by atoms with Gasteiger partial charge < -0.3 is 9.97 Å². The summed E-state index contributed by atoms with van der Waals surface area (Å²) in [6.45, 7) is 0. The predicted octanol–water partition coefficient (Wildman–Crippen LogP) is 9.64. The van der Waals surface area contributed by atoms with Crippen molar-refractivity contribution in [2.45, 2.75) is 12.8 Å². The van der Waals surface area contributed by atoms with E-state index < -0.39 is 0 Å². The number of aromatic amines is 2. The second kappa shape index (κ2) is 12.6. The highest BCUT2D eigenvalue weighted by molar-refractivity contribution is 5.89. The predicted molar refractivity (Wildman–Crippen MR) is 182 cm³/mol. The molecule has 0 spiro atoms. The third kappa shape index (κ3) is 5.79. The lowest BCUT2D eigenvalue weighted by Gasteiger charge is -2.05. The molecule has 0 fully saturated rings. The lowest BCUT2D eigenvalue weighted by atomic mass is 9.99. The van der Waals surface area contributed by atoms with E-state index in [2.05, 4.69) is 141 Å². The molecule has 4 heteroatoms. The summed E-state index contributed by atoms with van der Waals surface area (Å²) in [6, 6.07) is 50.3. The first-order valence-electron chi connectivity index (χ1n) is 14.9. The van der Waals surface area contributed by atoms with Gasteiger partial charge in [0.2, 0.25) is 0 Å². The number of pyridine rings is 2. The van der Waals surface area contributed by atoms with Gasteiger partial charge in [-0.15, -0.1) is 0 Å². The first-order chi connectivity index (χ1) is 21.8. The van der Waals surface area contributed by atoms with E-state index in [-0.39, 0.29) is 0 Å². The first-order valence-corrected chi connectivity index (χ1v) is 14.9. The molecule has 4 aromatic heterocycles. The molecule has 0 aliphatic heterocycles. The van der Waals surface area contributed by atoms with E-state index in [1.54, 1.807) is 0 Å². The molecule has 8 aromatic rings. The molecule has 4 heterocycles. The van der Waals surface area contributed by atoms with Crippen LogP contribution in [0.15, 0.2) is 158 Å². The highest BCUT2D eigenvalue weighted by atomic mass is 14.9. The number of nitrogens with one attached hydrogen (secondary N) is 2. The fourth-order valence-corrected chi connectivity index (χ4v) is 5.82. The number of hydrogen-bond acceptors (Lipinski definition) is 2. The van der Waals surface area contributed by atoms with Gasteiger partial charge in [0, 0.05) is 36.0 Å². The molecule has 8 rings (SSSR count). The van der Waals surface area contributed by atoms with E-state index in [0.29, 0.717) is 0 Å². The van der Waals surface area contributed by atoms with Crippen LogP contribution in [0.5, 0.6) is 0 Å². The first kappa shape index (κ1) is 27.1. The van der Waals surface area contributed by atoms with Gasteiger partial charge in [-0.1, -0.05) is 121 Å². The topological polar surface area (TPSA) is 57.4 Å². The zero-order valence-corrected chi connectivity index (χ0v) is 24.3. The Labute approximate surface area is 257 Å². The number of rotatable bonds is 6. The molecule has 0 aliphatic carbocycles. The van der Waals surface area contributed by atoms with Crippen molar-refractivity contribution < 1.29 is 0 Å². The van der Waals surface area contributed by atoms with Gasteiger partial charge in [0.15, 0.2) is 0 Å². The quantitative estimate of drug-likeness (QED) is 0.210. The van der Waals surface area contributed by atoms with Gasteiger partial charge in [-0.3, -0.25) is 0 Å². The third-order valence-corrected chi connectivity index (χ3v) is 7.93. The van der Waals surface area contributed by atoms with Crippen molar-refractivity contribution in [3.8, 4) is 22.5 Å². The number of aromatic nitrogens is 4. The minimum absolute atomic E-state index is 0.900. The van der Waals surface area contributed by atoms with E-state index in [1.807, 2.05) is 36.7 Å². The van der Waals surface area contributed by atoms with Crippen molar-refractivity contribution in [1.29, 1.82) is 0 Å². The Bertz CT molecular complexity index is 1940. The SMILES string of the molecule is c1ccc(Cc2c(-c3ccccc3)[nH]c3ncccc23)cc1.c1ccc(Cc2c(-c3ccccc3)[nH]c3ncccc23)cc1. The van der Waals surface area contributed by atoms with Crippen LogP contribution in [0, 0.1) is 0 Å². The standard InChI is InChI=1S/2C20H16N2/c2*1-3-8-15(9-4-1)14-18-17-12-7-13-21-20(17)22-19(18)16-10-5-2-6-11-16/h2*1-13H,14H2,(H,21,22). The van der Waals surface area contributed by atoms with Gasteiger partial charge in [-0.05, 0) is 57.6 Å². The summed E-state index contributed by atoms with van der Waals surface area (Å²) < 4.78 is 0. The van der Waals surface area contributed by atoms with Crippen LogP contribution < -0.4 is 0 Å². The number of hydrogen-bond donors (Lipinski definition) is 2. The largest absolute Gasteiger partial charge is 0.339 e. The van der Waals surface area contributed by atoms with E-state index in [1.165, 1.54) is 44.2 Å². The van der Waals surface area contributed by atoms with Crippen molar-refractivity contribution in [3.05, 3.63) is 180 Å². The van der Waals surface area contributed by atoms with E-state index in [4.69, 9.17) is 0 Å². The lowest BCUT2D eigenvalue weighted by molar-refractivity contribution is 1.21. The Morgan fingerprint density at radius 2 is 0.750 bits per heavy atom. The molecular formula is C40H32N4. The fourth-order valence-electron chi connectivity index (χ4n) is 5.82. The molecule has 212 valence electrons. The average Bonchev–Trinajstić information content (AvgIpc) is 3.65. The summed E-state index contributed by atoms with van der Waals surface area (Å²) in [4.78, 5) is 15.9. The highest BCUT2D eigenvalue weighted by Gasteiger charge is 2.15. The molecule has 0 aliphatic rings. The molecule has 0 amide bonds. The summed E-state index contributed by atoms with van der Waals surface area (Å²) >= 11 is 0. The van der Waals surface area contributed by atoms with E-state index in [9.17, 15) is 0 Å². The molecule has 4 nitrogen and oxygen atoms in total. The molecule has 4 aromatic carbocycles. The average molecular weight is 569 g/mol. The zero-order valence-electron chi connectivity index (χ0n) is 24.3. The van der Waals surface area contributed by atoms with Crippen LogP contribution in [0.1, 0.15) is 22.3 Å². The van der Waals surface area contributed by atoms with Crippen LogP contribution in [0.2, 0.25) is 0 Å². The Balaban J connectivity index is 0.000000142. The van der Waals surface area contributed by atoms with Crippen LogP contribution >= 0.6 is 0 Å². The molecule has 0 atom stereocenters. The van der Waals surface area contributed by atoms with Crippen LogP contribution in [0.3, 0.4) is 0 Å². The lowest BCUT2D eigenvalue weighted by Crippen LogP contribution is -1.90. The van der Waals surface area contributed by atoms with Crippen LogP contribution in [-0.2, 0) is 12.8 Å². The third-order valence-electron chi connectivity index (χ3n) is 7.93. The van der Waals surface area contributed by atoms with Gasteiger partial charge in [-0.2, -0.15) is 0 Å². The molecular weight excluding hydrogens is 536 g/mol. The smallest absolute Gasteiger partial charge is 0.137 e. The second-order valence-electron chi connectivity index (χ2n) is 10.8. The number of fused-ring (bicyclic) bond motifs is 2. The van der Waals surface area contributed by atoms with Crippen molar-refractivity contribution in [3.63, 3.8) is 0 Å². The van der Waals surface area contributed by atoms with Gasteiger partial charge in [0.05, 0.1) is 11.4 Å². The number of H-pyrrole nitrogens is 2.